The molecule has 0 radical (unpaired) electrons. The van der Waals surface area contributed by atoms with Gasteiger partial charge in [-0.1, -0.05) is 0 Å². The molecular formula is C28H30F2N4O3. The molecule has 0 unspecified atom stereocenters. The second-order valence-electron chi connectivity index (χ2n) is 8.68. The lowest BCUT2D eigenvalue weighted by atomic mass is 9.99. The molecule has 4 aromatic rings. The molecular weight excluding hydrogens is 478 g/mol. The van der Waals surface area contributed by atoms with Crippen LogP contribution in [0.15, 0.2) is 66.9 Å². The van der Waals surface area contributed by atoms with E-state index in [9.17, 15) is 8.78 Å². The molecule has 9 heteroatoms. The quantitative estimate of drug-likeness (QED) is 0.294. The van der Waals surface area contributed by atoms with Gasteiger partial charge in [-0.2, -0.15) is 0 Å². The summed E-state index contributed by atoms with van der Waals surface area (Å²) in [4.78, 5) is 4.41. The highest BCUT2D eigenvalue weighted by atomic mass is 19.1. The lowest BCUT2D eigenvalue weighted by Crippen LogP contribution is -2.30. The summed E-state index contributed by atoms with van der Waals surface area (Å²) < 4.78 is 43.6. The molecule has 5 N–H and O–H groups in total. The van der Waals surface area contributed by atoms with E-state index in [4.69, 9.17) is 25.7 Å². The van der Waals surface area contributed by atoms with E-state index in [1.807, 2.05) is 12.1 Å². The normalized spacial score (nSPS) is 13.5. The Balaban J connectivity index is 0.000000342. The highest BCUT2D eigenvalue weighted by Gasteiger charge is 2.17. The molecule has 2 heterocycles. The highest BCUT2D eigenvalue weighted by molar-refractivity contribution is 5.88. The Morgan fingerprint density at radius 1 is 0.865 bits per heavy atom. The molecule has 0 aliphatic carbocycles. The summed E-state index contributed by atoms with van der Waals surface area (Å²) in [6.45, 7) is 2.68. The van der Waals surface area contributed by atoms with Gasteiger partial charge in [0.25, 0.3) is 0 Å². The standard InChI is InChI=1S/C22H24FN3O3.C6H6FN/c1-27-21-11-16-18(12-22(21)28-13-14-4-7-25-8-5-14)26-9-6-19(16)29-20-3-2-15(24)10-17(20)23;7-5-1-3-6(8)4-2-5/h2-3,6,9-12,14,25H,4-5,7-8,13,24H2,1H3;1-4H,8H2. The van der Waals surface area contributed by atoms with Crippen molar-refractivity contribution >= 4 is 22.3 Å². The van der Waals surface area contributed by atoms with Crippen molar-refractivity contribution in [2.45, 2.75) is 12.8 Å². The lowest BCUT2D eigenvalue weighted by molar-refractivity contribution is 0.208. The van der Waals surface area contributed by atoms with Gasteiger partial charge in [-0.05, 0) is 80.4 Å². The van der Waals surface area contributed by atoms with Crippen LogP contribution in [0.2, 0.25) is 0 Å². The van der Waals surface area contributed by atoms with Crippen LogP contribution in [0.3, 0.4) is 0 Å². The second-order valence-corrected chi connectivity index (χ2v) is 8.68. The Labute approximate surface area is 214 Å². The molecule has 1 aliphatic rings. The number of anilines is 2. The molecule has 0 spiro atoms. The number of nitrogen functional groups attached to an aromatic ring is 2. The summed E-state index contributed by atoms with van der Waals surface area (Å²) in [5.74, 6) is 1.54. The Bertz CT molecular complexity index is 1310. The number of rotatable bonds is 6. The summed E-state index contributed by atoms with van der Waals surface area (Å²) in [6, 6.07) is 15.4. The molecule has 1 fully saturated rings. The SMILES string of the molecule is COc1cc2c(Oc3ccc(N)cc3F)ccnc2cc1OCC1CCNCC1.Nc1ccc(F)cc1. The number of nitrogens with two attached hydrogens (primary N) is 2. The van der Waals surface area contributed by atoms with E-state index in [0.717, 1.165) is 25.9 Å². The van der Waals surface area contributed by atoms with Crippen molar-refractivity contribution < 1.29 is 23.0 Å². The summed E-state index contributed by atoms with van der Waals surface area (Å²) >= 11 is 0. The van der Waals surface area contributed by atoms with Gasteiger partial charge in [0.2, 0.25) is 0 Å². The first-order chi connectivity index (χ1) is 17.9. The monoisotopic (exact) mass is 508 g/mol. The molecule has 194 valence electrons. The van der Waals surface area contributed by atoms with Crippen LogP contribution in [-0.2, 0) is 0 Å². The van der Waals surface area contributed by atoms with Crippen molar-refractivity contribution in [2.75, 3.05) is 38.3 Å². The minimum Gasteiger partial charge on any atom is -0.493 e. The van der Waals surface area contributed by atoms with Gasteiger partial charge in [-0.25, -0.2) is 8.78 Å². The highest BCUT2D eigenvalue weighted by Crippen LogP contribution is 2.38. The third-order valence-electron chi connectivity index (χ3n) is 5.97. The number of nitrogens with one attached hydrogen (secondary N) is 1. The first-order valence-corrected chi connectivity index (χ1v) is 12.0. The van der Waals surface area contributed by atoms with Crippen LogP contribution in [0.4, 0.5) is 20.2 Å². The van der Waals surface area contributed by atoms with Crippen LogP contribution in [0, 0.1) is 17.6 Å². The number of piperidine rings is 1. The fourth-order valence-corrected chi connectivity index (χ4v) is 3.93. The fraction of sp³-hybridized carbons (Fsp3) is 0.250. The molecule has 37 heavy (non-hydrogen) atoms. The number of pyridine rings is 1. The number of ether oxygens (including phenoxy) is 3. The van der Waals surface area contributed by atoms with Gasteiger partial charge in [0.05, 0.1) is 19.2 Å². The summed E-state index contributed by atoms with van der Waals surface area (Å²) in [5, 5.41) is 4.06. The zero-order valence-corrected chi connectivity index (χ0v) is 20.5. The van der Waals surface area contributed by atoms with E-state index in [0.29, 0.717) is 52.1 Å². The van der Waals surface area contributed by atoms with Crippen LogP contribution < -0.4 is 31.0 Å². The zero-order chi connectivity index (χ0) is 26.2. The predicted molar refractivity (Wildman–Crippen MR) is 141 cm³/mol. The second kappa shape index (κ2) is 12.2. The van der Waals surface area contributed by atoms with E-state index in [-0.39, 0.29) is 11.6 Å². The molecule has 0 bridgehead atoms. The topological polar surface area (TPSA) is 105 Å². The van der Waals surface area contributed by atoms with Crippen molar-refractivity contribution in [1.29, 1.82) is 0 Å². The van der Waals surface area contributed by atoms with E-state index in [1.54, 1.807) is 25.4 Å². The van der Waals surface area contributed by atoms with Crippen molar-refractivity contribution in [3.05, 3.63) is 78.5 Å². The molecule has 1 saturated heterocycles. The Morgan fingerprint density at radius 2 is 1.59 bits per heavy atom. The summed E-state index contributed by atoms with van der Waals surface area (Å²) in [5.41, 5.74) is 12.5. The van der Waals surface area contributed by atoms with Crippen LogP contribution in [0.5, 0.6) is 23.0 Å². The maximum Gasteiger partial charge on any atom is 0.167 e. The number of fused-ring (bicyclic) bond motifs is 1. The van der Waals surface area contributed by atoms with Gasteiger partial charge in [0.1, 0.15) is 11.6 Å². The number of methoxy groups -OCH3 is 1. The number of hydrogen-bond donors (Lipinski definition) is 3. The predicted octanol–water partition coefficient (Wildman–Crippen LogP) is 5.54. The van der Waals surface area contributed by atoms with Gasteiger partial charge in [0.15, 0.2) is 23.1 Å². The molecule has 1 aliphatic heterocycles. The smallest absolute Gasteiger partial charge is 0.167 e. The van der Waals surface area contributed by atoms with Crippen molar-refractivity contribution in [3.8, 4) is 23.0 Å². The number of hydrogen-bond acceptors (Lipinski definition) is 7. The Hall–Kier alpha value is -4.11. The van der Waals surface area contributed by atoms with Gasteiger partial charge in [-0.3, -0.25) is 4.98 Å². The van der Waals surface area contributed by atoms with Crippen LogP contribution in [0.1, 0.15) is 12.8 Å². The van der Waals surface area contributed by atoms with Gasteiger partial charge in [0, 0.05) is 35.1 Å². The molecule has 0 amide bonds. The summed E-state index contributed by atoms with van der Waals surface area (Å²) in [7, 11) is 1.59. The molecule has 0 saturated carbocycles. The average molecular weight is 509 g/mol. The minimum atomic E-state index is -0.524. The Kier molecular flexibility index (Phi) is 8.58. The van der Waals surface area contributed by atoms with Crippen LogP contribution >= 0.6 is 0 Å². The van der Waals surface area contributed by atoms with Gasteiger partial charge >= 0.3 is 0 Å². The Morgan fingerprint density at radius 3 is 2.27 bits per heavy atom. The van der Waals surface area contributed by atoms with E-state index < -0.39 is 5.82 Å². The van der Waals surface area contributed by atoms with Crippen molar-refractivity contribution in [3.63, 3.8) is 0 Å². The molecule has 7 nitrogen and oxygen atoms in total. The maximum absolute atomic E-state index is 14.2. The molecule has 3 aromatic carbocycles. The number of nitrogens with zero attached hydrogens (tertiary/aromatic N) is 1. The first kappa shape index (κ1) is 26.0. The van der Waals surface area contributed by atoms with E-state index >= 15 is 0 Å². The summed E-state index contributed by atoms with van der Waals surface area (Å²) in [6.07, 6.45) is 3.81. The van der Waals surface area contributed by atoms with E-state index in [2.05, 4.69) is 10.3 Å². The zero-order valence-electron chi connectivity index (χ0n) is 20.5. The minimum absolute atomic E-state index is 0.0944. The number of benzene rings is 3. The lowest BCUT2D eigenvalue weighted by Gasteiger charge is -2.23. The molecule has 0 atom stereocenters. The van der Waals surface area contributed by atoms with Gasteiger partial charge < -0.3 is 31.0 Å². The van der Waals surface area contributed by atoms with Crippen LogP contribution in [0.25, 0.3) is 10.9 Å². The van der Waals surface area contributed by atoms with Crippen molar-refractivity contribution in [2.24, 2.45) is 5.92 Å². The molecule has 5 rings (SSSR count). The fourth-order valence-electron chi connectivity index (χ4n) is 3.93. The van der Waals surface area contributed by atoms with E-state index in [1.165, 1.54) is 36.4 Å². The number of aromatic nitrogens is 1. The van der Waals surface area contributed by atoms with Gasteiger partial charge in [-0.15, -0.1) is 0 Å². The third-order valence-corrected chi connectivity index (χ3v) is 5.97. The first-order valence-electron chi connectivity index (χ1n) is 12.0. The largest absolute Gasteiger partial charge is 0.493 e. The number of halogens is 2. The molecule has 1 aromatic heterocycles. The maximum atomic E-state index is 14.2. The van der Waals surface area contributed by atoms with Crippen LogP contribution in [-0.4, -0.2) is 31.8 Å². The van der Waals surface area contributed by atoms with Crippen molar-refractivity contribution in [1.82, 2.24) is 10.3 Å². The third kappa shape index (κ3) is 6.98. The average Bonchev–Trinajstić information content (AvgIpc) is 2.91.